The number of amides is 5. The Morgan fingerprint density at radius 1 is 0.560 bits per heavy atom. The van der Waals surface area contributed by atoms with Crippen molar-refractivity contribution >= 4 is 68.8 Å². The molecular weight excluding hydrogens is 1200 g/mol. The van der Waals surface area contributed by atoms with Crippen LogP contribution in [0, 0.1) is 23.2 Å². The van der Waals surface area contributed by atoms with E-state index in [0.29, 0.717) is 89.3 Å². The van der Waals surface area contributed by atoms with E-state index < -0.39 is 57.7 Å². The third-order valence-electron chi connectivity index (χ3n) is 15.5. The Morgan fingerprint density at radius 3 is 1.71 bits per heavy atom. The van der Waals surface area contributed by atoms with Crippen LogP contribution in [0.1, 0.15) is 215 Å². The first kappa shape index (κ1) is 83.1. The number of nitrogens with one attached hydrogen (secondary N) is 5. The molecule has 0 fully saturated rings. The Kier molecular flexibility index (Phi) is 48.0. The molecule has 0 saturated heterocycles. The van der Waals surface area contributed by atoms with Gasteiger partial charge in [0.2, 0.25) is 29.5 Å². The second kappa shape index (κ2) is 52.5. The molecule has 91 heavy (non-hydrogen) atoms. The van der Waals surface area contributed by atoms with Crippen LogP contribution in [0.15, 0.2) is 24.3 Å². The highest BCUT2D eigenvalue weighted by molar-refractivity contribution is 7.85. The first-order valence-corrected chi connectivity index (χ1v) is 34.7. The number of hydrogen-bond donors (Lipinski definition) is 10. The quantitative estimate of drug-likeness (QED) is 0.0131. The van der Waals surface area contributed by atoms with Crippen molar-refractivity contribution in [3.05, 3.63) is 29.8 Å². The Labute approximate surface area is 543 Å². The number of benzene rings is 1. The number of ether oxygens (including phenoxy) is 4. The summed E-state index contributed by atoms with van der Waals surface area (Å²) >= 11 is 0. The van der Waals surface area contributed by atoms with E-state index in [-0.39, 0.29) is 153 Å². The lowest BCUT2D eigenvalue weighted by Gasteiger charge is -2.28. The molecular formula is C65H115N7O18S. The first-order valence-electron chi connectivity index (χ1n) is 33.1. The molecule has 1 rings (SSSR count). The van der Waals surface area contributed by atoms with Crippen LogP contribution in [-0.2, 0) is 78.6 Å². The fourth-order valence-corrected chi connectivity index (χ4v) is 10.8. The number of amidine groups is 1. The SMILES string of the molecule is CCCCCC(=O)C[C@@H](CCCCNC(=O)COCCOCCCC(=O)COCCOCCNC(=O)CC[C@H](NC(=O)CCCCCCCCCCCCCCCS(=O)(=O)O)C(=O)O)C(=O)C(C)[C@@H](CCCCC(=N)N)C(=O)N[C@@H](Cc1ccc(O)cc1)C(N)=O.[HH].[HH]. The number of carbonyl (C=O) groups excluding carboxylic acids is 8. The summed E-state index contributed by atoms with van der Waals surface area (Å²) in [6.07, 6.45) is 19.1. The van der Waals surface area contributed by atoms with Gasteiger partial charge in [-0.3, -0.25) is 48.3 Å². The summed E-state index contributed by atoms with van der Waals surface area (Å²) in [5.41, 5.74) is 11.9. The van der Waals surface area contributed by atoms with Crippen LogP contribution < -0.4 is 32.7 Å². The van der Waals surface area contributed by atoms with Gasteiger partial charge in [0.05, 0.1) is 44.6 Å². The first-order chi connectivity index (χ1) is 43.5. The highest BCUT2D eigenvalue weighted by Crippen LogP contribution is 2.28. The summed E-state index contributed by atoms with van der Waals surface area (Å²) in [4.78, 5) is 115. The number of carboxylic acids is 1. The number of Topliss-reactive ketones (excluding diaryl/α,β-unsaturated/α-hetero) is 3. The summed E-state index contributed by atoms with van der Waals surface area (Å²) < 4.78 is 52.1. The van der Waals surface area contributed by atoms with Crippen LogP contribution in [0.4, 0.5) is 0 Å². The number of carbonyl (C=O) groups is 9. The molecule has 1 unspecified atom stereocenters. The number of aromatic hydroxyl groups is 1. The molecule has 1 aromatic rings. The number of hydrogen-bond acceptors (Lipinski definition) is 17. The molecule has 0 saturated carbocycles. The maximum absolute atomic E-state index is 14.3. The molecule has 5 amide bonds. The lowest BCUT2D eigenvalue weighted by Crippen LogP contribution is -2.49. The van der Waals surface area contributed by atoms with Crippen molar-refractivity contribution in [3.63, 3.8) is 0 Å². The minimum Gasteiger partial charge on any atom is -0.508 e. The molecule has 0 aliphatic heterocycles. The van der Waals surface area contributed by atoms with Gasteiger partial charge in [-0.2, -0.15) is 8.42 Å². The Hall–Kier alpha value is -5.93. The van der Waals surface area contributed by atoms with Crippen molar-refractivity contribution < 1.29 is 88.1 Å². The molecule has 0 aromatic heterocycles. The summed E-state index contributed by atoms with van der Waals surface area (Å²) in [7, 11) is -3.86. The average molecular weight is 1310 g/mol. The zero-order chi connectivity index (χ0) is 67.5. The lowest BCUT2D eigenvalue weighted by atomic mass is 9.77. The fourth-order valence-electron chi connectivity index (χ4n) is 10.2. The van der Waals surface area contributed by atoms with E-state index in [2.05, 4.69) is 21.3 Å². The monoisotopic (exact) mass is 1310 g/mol. The predicted molar refractivity (Wildman–Crippen MR) is 350 cm³/mol. The highest BCUT2D eigenvalue weighted by Gasteiger charge is 2.36. The largest absolute Gasteiger partial charge is 0.508 e. The fraction of sp³-hybridized carbons (Fsp3) is 0.754. The van der Waals surface area contributed by atoms with Crippen molar-refractivity contribution in [2.45, 2.75) is 225 Å². The Bertz CT molecular complexity index is 2390. The normalized spacial score (nSPS) is 13.1. The van der Waals surface area contributed by atoms with Gasteiger partial charge in [0.25, 0.3) is 10.1 Å². The molecule has 12 N–H and O–H groups in total. The standard InChI is InChI=1S/C65H111N7O18S.2H2/c1-3-4-16-25-53(74)46-51(62(79)49(2)55(27-18-19-28-58(66)67)64(81)72-57(63(68)80)45-50-30-32-52(73)33-31-50)24-20-21-36-69-61(78)48-90-43-40-87-38-23-26-54(75)47-89-42-41-88-39-37-70-59(76)35-34-56(65(82)83)71-60(77)29-17-14-12-10-8-6-5-7-9-11-13-15-22-44-91(84,85)86;;/h30-33,49,51,55-57,73H,3-29,34-48H2,1-2H3,(H3,66,67)(H2,68,80)(H,69,78)(H,70,76)(H,71,77)(H,72,81)(H,82,83)(H,84,85,86);2*1H/t49?,51-,55-,56+,57+;;/m1../s1. The van der Waals surface area contributed by atoms with E-state index in [1.807, 2.05) is 6.92 Å². The van der Waals surface area contributed by atoms with Gasteiger partial charge < -0.3 is 61.9 Å². The summed E-state index contributed by atoms with van der Waals surface area (Å²) in [6, 6.07) is 3.88. The van der Waals surface area contributed by atoms with Gasteiger partial charge in [-0.1, -0.05) is 122 Å². The number of phenols is 1. The third kappa shape index (κ3) is 46.7. The molecule has 0 heterocycles. The number of aliphatic carboxylic acids is 1. The number of primary amides is 1. The van der Waals surface area contributed by atoms with Crippen molar-refractivity contribution in [1.29, 1.82) is 5.41 Å². The summed E-state index contributed by atoms with van der Waals surface area (Å²) in [5, 5.41) is 37.6. The number of phenolic OH excluding ortho intramolecular Hbond substituents is 1. The van der Waals surface area contributed by atoms with E-state index in [4.69, 9.17) is 40.4 Å². The number of rotatable bonds is 62. The zero-order valence-electron chi connectivity index (χ0n) is 54.4. The molecule has 26 heteroatoms. The van der Waals surface area contributed by atoms with Crippen molar-refractivity contribution in [3.8, 4) is 5.75 Å². The smallest absolute Gasteiger partial charge is 0.326 e. The van der Waals surface area contributed by atoms with E-state index in [0.717, 1.165) is 83.5 Å². The molecule has 0 spiro atoms. The zero-order valence-corrected chi connectivity index (χ0v) is 55.2. The molecule has 524 valence electrons. The van der Waals surface area contributed by atoms with E-state index in [1.54, 1.807) is 19.1 Å². The lowest BCUT2D eigenvalue weighted by molar-refractivity contribution is -0.142. The minimum atomic E-state index is -3.86. The van der Waals surface area contributed by atoms with Gasteiger partial charge in [0.15, 0.2) is 5.78 Å². The Balaban J connectivity index is 0. The molecule has 0 aliphatic rings. The predicted octanol–water partition coefficient (Wildman–Crippen LogP) is 7.39. The van der Waals surface area contributed by atoms with E-state index >= 15 is 0 Å². The van der Waals surface area contributed by atoms with Crippen LogP contribution in [0.2, 0.25) is 0 Å². The van der Waals surface area contributed by atoms with Crippen LogP contribution in [-0.4, -0.2) is 166 Å². The van der Waals surface area contributed by atoms with E-state index in [1.165, 1.54) is 12.1 Å². The number of unbranched alkanes of at least 4 members (excludes halogenated alkanes) is 16. The molecule has 5 atom stereocenters. The van der Waals surface area contributed by atoms with Crippen LogP contribution in [0.3, 0.4) is 0 Å². The van der Waals surface area contributed by atoms with Crippen molar-refractivity contribution in [2.24, 2.45) is 29.2 Å². The number of nitrogens with two attached hydrogens (primary N) is 2. The van der Waals surface area contributed by atoms with Gasteiger partial charge in [0.1, 0.15) is 42.6 Å². The second-order valence-electron chi connectivity index (χ2n) is 23.6. The van der Waals surface area contributed by atoms with Gasteiger partial charge in [-0.15, -0.1) is 0 Å². The minimum absolute atomic E-state index is 0. The van der Waals surface area contributed by atoms with Crippen LogP contribution in [0.25, 0.3) is 0 Å². The van der Waals surface area contributed by atoms with Crippen LogP contribution in [0.5, 0.6) is 5.75 Å². The summed E-state index contributed by atoms with van der Waals surface area (Å²) in [5.74, 6) is -6.50. The summed E-state index contributed by atoms with van der Waals surface area (Å²) in [6.45, 7) is 5.03. The highest BCUT2D eigenvalue weighted by atomic mass is 32.2. The maximum atomic E-state index is 14.3. The Morgan fingerprint density at radius 2 is 1.11 bits per heavy atom. The third-order valence-corrected chi connectivity index (χ3v) is 16.3. The number of ketones is 3. The van der Waals surface area contributed by atoms with Crippen molar-refractivity contribution in [2.75, 3.05) is 71.7 Å². The van der Waals surface area contributed by atoms with Crippen molar-refractivity contribution in [1.82, 2.24) is 21.3 Å². The molecule has 25 nitrogen and oxygen atoms in total. The van der Waals surface area contributed by atoms with E-state index in [9.17, 15) is 61.8 Å². The topological polar surface area (TPSA) is 409 Å². The second-order valence-corrected chi connectivity index (χ2v) is 25.2. The number of carboxylic acid groups (broad SMARTS) is 1. The molecule has 1 aromatic carbocycles. The maximum Gasteiger partial charge on any atom is 0.326 e. The van der Waals surface area contributed by atoms with Crippen LogP contribution >= 0.6 is 0 Å². The molecule has 0 radical (unpaired) electrons. The molecule has 0 aliphatic carbocycles. The molecule has 0 bridgehead atoms. The van der Waals surface area contributed by atoms with Gasteiger partial charge in [-0.25, -0.2) is 4.79 Å². The van der Waals surface area contributed by atoms with Gasteiger partial charge >= 0.3 is 5.97 Å². The van der Waals surface area contributed by atoms with Gasteiger partial charge in [-0.05, 0) is 75.5 Å². The average Bonchev–Trinajstić information content (AvgIpc) is 0.962. The van der Waals surface area contributed by atoms with Gasteiger partial charge in [0, 0.05) is 85.2 Å².